The summed E-state index contributed by atoms with van der Waals surface area (Å²) in [5.41, 5.74) is 1.55. The predicted octanol–water partition coefficient (Wildman–Crippen LogP) is 5.65. The van der Waals surface area contributed by atoms with Gasteiger partial charge >= 0.3 is 0 Å². The molecule has 1 aromatic heterocycles. The van der Waals surface area contributed by atoms with Crippen LogP contribution < -0.4 is 9.62 Å². The molecule has 0 saturated heterocycles. The van der Waals surface area contributed by atoms with Crippen LogP contribution in [0, 0.1) is 5.82 Å². The number of amides is 1. The second-order valence-corrected chi connectivity index (χ2v) is 10.8. The Labute approximate surface area is 226 Å². The van der Waals surface area contributed by atoms with Crippen molar-refractivity contribution in [3.05, 3.63) is 84.2 Å². The Bertz CT molecular complexity index is 1410. The third-order valence-corrected chi connectivity index (χ3v) is 8.26. The molecule has 0 fully saturated rings. The fourth-order valence-electron chi connectivity index (χ4n) is 3.71. The van der Waals surface area contributed by atoms with Crippen LogP contribution in [0.25, 0.3) is 10.2 Å². The van der Waals surface area contributed by atoms with Gasteiger partial charge in [-0.25, -0.2) is 17.8 Å². The maximum Gasteiger partial charge on any atom is 0.261 e. The number of aromatic nitrogens is 1. The first kappa shape index (κ1) is 28.5. The number of sulfonamides is 1. The monoisotopic (exact) mass is 562 g/mol. The fourth-order valence-corrected chi connectivity index (χ4v) is 5.75. The predicted molar refractivity (Wildman–Crippen MR) is 150 cm³/mol. The topological polar surface area (TPSA) is 82.6 Å². The first-order valence-electron chi connectivity index (χ1n) is 11.6. The molecule has 0 radical (unpaired) electrons. The molecule has 4 rings (SSSR count). The number of nitrogens with one attached hydrogen (secondary N) is 1. The van der Waals surface area contributed by atoms with E-state index in [0.29, 0.717) is 29.5 Å². The number of likely N-dealkylation sites (N-methyl/N-ethyl adjacent to an activating group) is 1. The summed E-state index contributed by atoms with van der Waals surface area (Å²) in [6.07, 6.45) is 0. The van der Waals surface area contributed by atoms with Crippen LogP contribution in [-0.2, 0) is 10.0 Å². The van der Waals surface area contributed by atoms with E-state index in [1.807, 2.05) is 24.3 Å². The molecule has 1 amide bonds. The van der Waals surface area contributed by atoms with Crippen LogP contribution in [-0.4, -0.2) is 50.4 Å². The van der Waals surface area contributed by atoms with Gasteiger partial charge in [-0.2, -0.15) is 0 Å². The number of thiazole rings is 1. The molecule has 0 aliphatic rings. The summed E-state index contributed by atoms with van der Waals surface area (Å²) in [6, 6.07) is 18.6. The maximum atomic E-state index is 13.6. The van der Waals surface area contributed by atoms with E-state index in [2.05, 4.69) is 28.5 Å². The van der Waals surface area contributed by atoms with Crippen molar-refractivity contribution in [1.82, 2.24) is 9.88 Å². The minimum Gasteiger partial charge on any atom is -0.302 e. The summed E-state index contributed by atoms with van der Waals surface area (Å²) in [7, 11) is -3.89. The summed E-state index contributed by atoms with van der Waals surface area (Å²) in [5, 5.41) is 0.620. The largest absolute Gasteiger partial charge is 0.302 e. The molecule has 0 aliphatic heterocycles. The van der Waals surface area contributed by atoms with E-state index in [1.165, 1.54) is 35.6 Å². The lowest BCUT2D eigenvalue weighted by atomic mass is 10.2. The van der Waals surface area contributed by atoms with E-state index in [4.69, 9.17) is 0 Å². The van der Waals surface area contributed by atoms with E-state index in [-0.39, 0.29) is 23.2 Å². The molecule has 0 saturated carbocycles. The number of halogens is 2. The van der Waals surface area contributed by atoms with Gasteiger partial charge in [-0.3, -0.25) is 14.4 Å². The molecule has 1 heterocycles. The van der Waals surface area contributed by atoms with Crippen molar-refractivity contribution in [2.75, 3.05) is 35.8 Å². The second kappa shape index (κ2) is 12.5. The minimum atomic E-state index is -3.89. The van der Waals surface area contributed by atoms with Crippen LogP contribution >= 0.6 is 23.7 Å². The van der Waals surface area contributed by atoms with Crippen molar-refractivity contribution in [2.45, 2.75) is 18.7 Å². The third-order valence-electron chi connectivity index (χ3n) is 5.80. The van der Waals surface area contributed by atoms with Crippen molar-refractivity contribution in [3.63, 3.8) is 0 Å². The van der Waals surface area contributed by atoms with Gasteiger partial charge < -0.3 is 4.90 Å². The van der Waals surface area contributed by atoms with Crippen LogP contribution in [0.4, 0.5) is 15.2 Å². The number of rotatable bonds is 10. The first-order chi connectivity index (χ1) is 17.3. The summed E-state index contributed by atoms with van der Waals surface area (Å²) < 4.78 is 41.8. The fraction of sp³-hybridized carbons (Fsp3) is 0.231. The number of nitrogens with zero attached hydrogens (tertiary/aromatic N) is 3. The van der Waals surface area contributed by atoms with Gasteiger partial charge in [-0.1, -0.05) is 37.3 Å². The lowest BCUT2D eigenvalue weighted by Crippen LogP contribution is -2.38. The third kappa shape index (κ3) is 6.84. The zero-order valence-electron chi connectivity index (χ0n) is 20.4. The smallest absolute Gasteiger partial charge is 0.261 e. The number of carbonyl (C=O) groups excluding carboxylic acids is 1. The molecule has 196 valence electrons. The Morgan fingerprint density at radius 3 is 2.22 bits per heavy atom. The highest BCUT2D eigenvalue weighted by Gasteiger charge is 2.22. The summed E-state index contributed by atoms with van der Waals surface area (Å²) >= 11 is 1.46. The van der Waals surface area contributed by atoms with Gasteiger partial charge in [0.05, 0.1) is 15.1 Å². The summed E-state index contributed by atoms with van der Waals surface area (Å²) in [5.74, 6) is -0.732. The highest BCUT2D eigenvalue weighted by Crippen LogP contribution is 2.30. The number of hydrogen-bond acceptors (Lipinski definition) is 6. The standard InChI is InChI=1S/C26H27FN4O3S2.ClH/c1-3-30(4-2)17-18-31(26-28-23-7-5-6-8-24(23)35-26)25(32)19-9-13-21(14-10-19)29-36(33,34)22-15-11-20(27)12-16-22;/h5-16,29H,3-4,17-18H2,1-2H3;1H. The highest BCUT2D eigenvalue weighted by molar-refractivity contribution is 7.92. The summed E-state index contributed by atoms with van der Waals surface area (Å²) in [6.45, 7) is 7.09. The molecule has 0 unspecified atom stereocenters. The second-order valence-electron chi connectivity index (χ2n) is 8.08. The molecule has 7 nitrogen and oxygen atoms in total. The quantitative estimate of drug-likeness (QED) is 0.270. The van der Waals surface area contributed by atoms with E-state index in [9.17, 15) is 17.6 Å². The number of benzene rings is 3. The Balaban J connectivity index is 0.00000380. The first-order valence-corrected chi connectivity index (χ1v) is 13.9. The molecule has 1 N–H and O–H groups in total. The zero-order chi connectivity index (χ0) is 25.7. The average Bonchev–Trinajstić information content (AvgIpc) is 3.31. The molecule has 0 aliphatic carbocycles. The van der Waals surface area contributed by atoms with Crippen LogP contribution in [0.1, 0.15) is 24.2 Å². The van der Waals surface area contributed by atoms with Crippen molar-refractivity contribution >= 4 is 60.7 Å². The van der Waals surface area contributed by atoms with E-state index >= 15 is 0 Å². The number of hydrogen-bond donors (Lipinski definition) is 1. The normalized spacial score (nSPS) is 11.4. The van der Waals surface area contributed by atoms with Crippen molar-refractivity contribution < 1.29 is 17.6 Å². The molecule has 37 heavy (non-hydrogen) atoms. The zero-order valence-corrected chi connectivity index (χ0v) is 22.9. The molecule has 11 heteroatoms. The van der Waals surface area contributed by atoms with Crippen molar-refractivity contribution in [3.8, 4) is 0 Å². The van der Waals surface area contributed by atoms with Gasteiger partial charge in [0.25, 0.3) is 15.9 Å². The lowest BCUT2D eigenvalue weighted by molar-refractivity contribution is 0.0984. The van der Waals surface area contributed by atoms with Gasteiger partial charge in [-0.05, 0) is 73.8 Å². The van der Waals surface area contributed by atoms with Gasteiger partial charge in [0.2, 0.25) is 0 Å². The Hall–Kier alpha value is -3.05. The van der Waals surface area contributed by atoms with Crippen LogP contribution in [0.2, 0.25) is 0 Å². The number of fused-ring (bicyclic) bond motifs is 1. The van der Waals surface area contributed by atoms with Gasteiger partial charge in [0.15, 0.2) is 5.13 Å². The van der Waals surface area contributed by atoms with Gasteiger partial charge in [0, 0.05) is 24.3 Å². The molecule has 3 aromatic carbocycles. The summed E-state index contributed by atoms with van der Waals surface area (Å²) in [4.78, 5) is 22.1. The van der Waals surface area contributed by atoms with Crippen LogP contribution in [0.5, 0.6) is 0 Å². The number of para-hydroxylation sites is 1. The molecular weight excluding hydrogens is 535 g/mol. The molecule has 0 bridgehead atoms. The Kier molecular flexibility index (Phi) is 9.61. The molecule has 0 spiro atoms. The Morgan fingerprint density at radius 1 is 0.946 bits per heavy atom. The van der Waals surface area contributed by atoms with Gasteiger partial charge in [0.1, 0.15) is 5.82 Å². The molecular formula is C26H28ClFN4O3S2. The van der Waals surface area contributed by atoms with Crippen molar-refractivity contribution in [2.24, 2.45) is 0 Å². The minimum absolute atomic E-state index is 0. The number of anilines is 2. The van der Waals surface area contributed by atoms with E-state index in [1.54, 1.807) is 17.0 Å². The Morgan fingerprint density at radius 2 is 1.59 bits per heavy atom. The highest BCUT2D eigenvalue weighted by atomic mass is 35.5. The van der Waals surface area contributed by atoms with Crippen LogP contribution in [0.3, 0.4) is 0 Å². The molecule has 4 aromatic rings. The van der Waals surface area contributed by atoms with Crippen LogP contribution in [0.15, 0.2) is 77.7 Å². The lowest BCUT2D eigenvalue weighted by Gasteiger charge is -2.24. The maximum absolute atomic E-state index is 13.6. The van der Waals surface area contributed by atoms with E-state index in [0.717, 1.165) is 35.4 Å². The van der Waals surface area contributed by atoms with Gasteiger partial charge in [-0.15, -0.1) is 12.4 Å². The number of carbonyl (C=O) groups is 1. The average molecular weight is 563 g/mol. The van der Waals surface area contributed by atoms with Crippen molar-refractivity contribution in [1.29, 1.82) is 0 Å². The SMILES string of the molecule is CCN(CC)CCN(C(=O)c1ccc(NS(=O)(=O)c2ccc(F)cc2)cc1)c1nc2ccccc2s1.Cl. The molecule has 0 atom stereocenters. The van der Waals surface area contributed by atoms with E-state index < -0.39 is 15.8 Å².